The summed E-state index contributed by atoms with van der Waals surface area (Å²) in [5.41, 5.74) is 3.31. The SMILES string of the molecule is CC(=O)CC(=O)Cc1cc(C)cc(C)c1. The van der Waals surface area contributed by atoms with Gasteiger partial charge in [0.1, 0.15) is 11.6 Å². The highest BCUT2D eigenvalue weighted by Gasteiger charge is 2.07. The quantitative estimate of drug-likeness (QED) is 0.706. The van der Waals surface area contributed by atoms with Crippen LogP contribution in [0.4, 0.5) is 0 Å². The molecule has 0 aliphatic heterocycles. The Morgan fingerprint density at radius 2 is 1.60 bits per heavy atom. The lowest BCUT2D eigenvalue weighted by Gasteiger charge is -2.03. The molecule has 0 atom stereocenters. The van der Waals surface area contributed by atoms with E-state index in [1.807, 2.05) is 26.0 Å². The van der Waals surface area contributed by atoms with E-state index in [1.54, 1.807) is 0 Å². The van der Waals surface area contributed by atoms with Crippen molar-refractivity contribution in [2.45, 2.75) is 33.6 Å². The Bertz CT molecular complexity index is 371. The third-order valence-corrected chi connectivity index (χ3v) is 2.13. The lowest BCUT2D eigenvalue weighted by atomic mass is 10.0. The second-order valence-electron chi connectivity index (χ2n) is 4.09. The number of aryl methyl sites for hydroxylation is 2. The Labute approximate surface area is 90.3 Å². The van der Waals surface area contributed by atoms with E-state index < -0.39 is 0 Å². The minimum absolute atomic E-state index is 0.00694. The zero-order chi connectivity index (χ0) is 11.4. The second kappa shape index (κ2) is 4.87. The Balaban J connectivity index is 2.72. The summed E-state index contributed by atoms with van der Waals surface area (Å²) in [5, 5.41) is 0. The molecular formula is C13H16O2. The monoisotopic (exact) mass is 204 g/mol. The number of ketones is 2. The molecule has 0 heterocycles. The van der Waals surface area contributed by atoms with Gasteiger partial charge in [-0.3, -0.25) is 9.59 Å². The Hall–Kier alpha value is -1.44. The molecule has 1 aromatic rings. The zero-order valence-electron chi connectivity index (χ0n) is 9.46. The molecule has 0 aliphatic carbocycles. The maximum atomic E-state index is 11.4. The highest BCUT2D eigenvalue weighted by molar-refractivity contribution is 5.98. The molecule has 0 radical (unpaired) electrons. The fourth-order valence-corrected chi connectivity index (χ4v) is 1.74. The third kappa shape index (κ3) is 4.07. The smallest absolute Gasteiger partial charge is 0.144 e. The molecule has 0 bridgehead atoms. The van der Waals surface area contributed by atoms with Crippen LogP contribution in [-0.2, 0) is 16.0 Å². The molecule has 0 aromatic heterocycles. The number of carbonyl (C=O) groups is 2. The molecule has 15 heavy (non-hydrogen) atoms. The van der Waals surface area contributed by atoms with Gasteiger partial charge in [-0.05, 0) is 26.3 Å². The van der Waals surface area contributed by atoms with Crippen molar-refractivity contribution >= 4 is 11.6 Å². The molecule has 0 saturated carbocycles. The van der Waals surface area contributed by atoms with E-state index >= 15 is 0 Å². The predicted octanol–water partition coefficient (Wildman–Crippen LogP) is 2.39. The van der Waals surface area contributed by atoms with Crippen LogP contribution in [0, 0.1) is 13.8 Å². The molecule has 1 rings (SSSR count). The Morgan fingerprint density at radius 1 is 1.07 bits per heavy atom. The van der Waals surface area contributed by atoms with Crippen molar-refractivity contribution < 1.29 is 9.59 Å². The fourth-order valence-electron chi connectivity index (χ4n) is 1.74. The molecule has 0 spiro atoms. The van der Waals surface area contributed by atoms with Gasteiger partial charge in [-0.15, -0.1) is 0 Å². The van der Waals surface area contributed by atoms with Crippen molar-refractivity contribution in [1.29, 1.82) is 0 Å². The lowest BCUT2D eigenvalue weighted by Crippen LogP contribution is -2.07. The molecule has 80 valence electrons. The van der Waals surface area contributed by atoms with Gasteiger partial charge in [-0.2, -0.15) is 0 Å². The summed E-state index contributed by atoms with van der Waals surface area (Å²) in [6.45, 7) is 5.46. The van der Waals surface area contributed by atoms with Gasteiger partial charge < -0.3 is 0 Å². The average molecular weight is 204 g/mol. The average Bonchev–Trinajstić information content (AvgIpc) is 1.98. The van der Waals surface area contributed by atoms with Crippen LogP contribution in [0.25, 0.3) is 0 Å². The van der Waals surface area contributed by atoms with Crippen LogP contribution < -0.4 is 0 Å². The number of hydrogen-bond acceptors (Lipinski definition) is 2. The highest BCUT2D eigenvalue weighted by atomic mass is 16.1. The van der Waals surface area contributed by atoms with Crippen LogP contribution in [0.5, 0.6) is 0 Å². The molecule has 0 fully saturated rings. The van der Waals surface area contributed by atoms with Gasteiger partial charge in [-0.1, -0.05) is 29.3 Å². The van der Waals surface area contributed by atoms with E-state index in [0.29, 0.717) is 6.42 Å². The van der Waals surface area contributed by atoms with Gasteiger partial charge in [-0.25, -0.2) is 0 Å². The molecule has 0 amide bonds. The van der Waals surface area contributed by atoms with E-state index in [-0.39, 0.29) is 18.0 Å². The molecule has 2 nitrogen and oxygen atoms in total. The Kier molecular flexibility index (Phi) is 3.78. The normalized spacial score (nSPS) is 10.1. The molecule has 0 saturated heterocycles. The van der Waals surface area contributed by atoms with Crippen LogP contribution >= 0.6 is 0 Å². The molecule has 1 aromatic carbocycles. The second-order valence-corrected chi connectivity index (χ2v) is 4.09. The number of Topliss-reactive ketones (excluding diaryl/α,β-unsaturated/α-hetero) is 2. The number of benzene rings is 1. The minimum Gasteiger partial charge on any atom is -0.300 e. The number of hydrogen-bond donors (Lipinski definition) is 0. The largest absolute Gasteiger partial charge is 0.300 e. The first kappa shape index (κ1) is 11.6. The zero-order valence-corrected chi connectivity index (χ0v) is 9.46. The van der Waals surface area contributed by atoms with E-state index in [1.165, 1.54) is 6.92 Å². The van der Waals surface area contributed by atoms with Gasteiger partial charge in [0.05, 0.1) is 6.42 Å². The van der Waals surface area contributed by atoms with Gasteiger partial charge in [0.2, 0.25) is 0 Å². The van der Waals surface area contributed by atoms with Crippen molar-refractivity contribution in [2.24, 2.45) is 0 Å². The van der Waals surface area contributed by atoms with Crippen molar-refractivity contribution in [3.05, 3.63) is 34.9 Å². The number of carbonyl (C=O) groups excluding carboxylic acids is 2. The van der Waals surface area contributed by atoms with Gasteiger partial charge in [0.15, 0.2) is 0 Å². The fraction of sp³-hybridized carbons (Fsp3) is 0.385. The van der Waals surface area contributed by atoms with E-state index in [4.69, 9.17) is 0 Å². The topological polar surface area (TPSA) is 34.1 Å². The van der Waals surface area contributed by atoms with Crippen LogP contribution in [0.3, 0.4) is 0 Å². The van der Waals surface area contributed by atoms with Gasteiger partial charge in [0, 0.05) is 6.42 Å². The summed E-state index contributed by atoms with van der Waals surface area (Å²) in [6, 6.07) is 6.05. The van der Waals surface area contributed by atoms with E-state index in [0.717, 1.165) is 16.7 Å². The van der Waals surface area contributed by atoms with Crippen LogP contribution in [-0.4, -0.2) is 11.6 Å². The van der Waals surface area contributed by atoms with Crippen LogP contribution in [0.1, 0.15) is 30.0 Å². The van der Waals surface area contributed by atoms with Crippen molar-refractivity contribution in [3.8, 4) is 0 Å². The van der Waals surface area contributed by atoms with Crippen molar-refractivity contribution in [3.63, 3.8) is 0 Å². The molecule has 0 unspecified atom stereocenters. The first-order valence-corrected chi connectivity index (χ1v) is 5.05. The first-order chi connectivity index (χ1) is 6.97. The maximum absolute atomic E-state index is 11.4. The lowest BCUT2D eigenvalue weighted by molar-refractivity contribution is -0.125. The predicted molar refractivity (Wildman–Crippen MR) is 59.9 cm³/mol. The summed E-state index contributed by atoms with van der Waals surface area (Å²) in [4.78, 5) is 22.2. The summed E-state index contributed by atoms with van der Waals surface area (Å²) >= 11 is 0. The van der Waals surface area contributed by atoms with Crippen molar-refractivity contribution in [2.75, 3.05) is 0 Å². The molecular weight excluding hydrogens is 188 g/mol. The molecule has 0 aliphatic rings. The van der Waals surface area contributed by atoms with Gasteiger partial charge >= 0.3 is 0 Å². The number of rotatable bonds is 4. The summed E-state index contributed by atoms with van der Waals surface area (Å²) in [7, 11) is 0. The first-order valence-electron chi connectivity index (χ1n) is 5.05. The molecule has 0 N–H and O–H groups in total. The Morgan fingerprint density at radius 3 is 2.07 bits per heavy atom. The minimum atomic E-state index is -0.0654. The van der Waals surface area contributed by atoms with E-state index in [9.17, 15) is 9.59 Å². The maximum Gasteiger partial charge on any atom is 0.144 e. The van der Waals surface area contributed by atoms with Gasteiger partial charge in [0.25, 0.3) is 0 Å². The standard InChI is InChI=1S/C13H16O2/c1-9-4-10(2)6-12(5-9)8-13(15)7-11(3)14/h4-6H,7-8H2,1-3H3. The van der Waals surface area contributed by atoms with Crippen LogP contribution in [0.15, 0.2) is 18.2 Å². The molecule has 2 heteroatoms. The van der Waals surface area contributed by atoms with E-state index in [2.05, 4.69) is 6.07 Å². The van der Waals surface area contributed by atoms with Crippen molar-refractivity contribution in [1.82, 2.24) is 0 Å². The highest BCUT2D eigenvalue weighted by Crippen LogP contribution is 2.10. The van der Waals surface area contributed by atoms with Crippen LogP contribution in [0.2, 0.25) is 0 Å². The summed E-state index contributed by atoms with van der Waals surface area (Å²) < 4.78 is 0. The summed E-state index contributed by atoms with van der Waals surface area (Å²) in [5.74, 6) is -0.0723. The third-order valence-electron chi connectivity index (χ3n) is 2.13. The summed E-state index contributed by atoms with van der Waals surface area (Å²) in [6.07, 6.45) is 0.412.